The number of carbonyl (C=O) groups is 3. The summed E-state index contributed by atoms with van der Waals surface area (Å²) in [6, 6.07) is 8.63. The van der Waals surface area contributed by atoms with Crippen LogP contribution in [0.25, 0.3) is 0 Å². The largest absolute Gasteiger partial charge is 0.394 e. The first-order chi connectivity index (χ1) is 17.3. The molecule has 3 aliphatic heterocycles. The number of thioether (sulfide) groups is 1. The van der Waals surface area contributed by atoms with E-state index in [4.69, 9.17) is 0 Å². The van der Waals surface area contributed by atoms with Crippen LogP contribution in [0.3, 0.4) is 0 Å². The zero-order valence-electron chi connectivity index (χ0n) is 21.9. The molecule has 3 aliphatic rings. The Bertz CT molecular complexity index is 957. The predicted octanol–water partition coefficient (Wildman–Crippen LogP) is 2.96. The van der Waals surface area contributed by atoms with Gasteiger partial charge in [-0.1, -0.05) is 64.4 Å². The van der Waals surface area contributed by atoms with E-state index in [-0.39, 0.29) is 41.4 Å². The van der Waals surface area contributed by atoms with Crippen molar-refractivity contribution < 1.29 is 19.5 Å². The molecule has 0 aromatic heterocycles. The van der Waals surface area contributed by atoms with Crippen molar-refractivity contribution in [1.82, 2.24) is 15.5 Å². The summed E-state index contributed by atoms with van der Waals surface area (Å²) in [7, 11) is 0. The van der Waals surface area contributed by atoms with Crippen LogP contribution in [-0.4, -0.2) is 63.0 Å². The predicted molar refractivity (Wildman–Crippen MR) is 142 cm³/mol. The lowest BCUT2D eigenvalue weighted by molar-refractivity contribution is -0.143. The summed E-state index contributed by atoms with van der Waals surface area (Å²) in [5, 5.41) is 16.5. The first-order valence-corrected chi connectivity index (χ1v) is 14.3. The van der Waals surface area contributed by atoms with Crippen LogP contribution < -0.4 is 10.6 Å². The Morgan fingerprint density at radius 1 is 1.19 bits per heavy atom. The number of carbonyl (C=O) groups excluding carboxylic acids is 3. The molecule has 4 rings (SSSR count). The van der Waals surface area contributed by atoms with Gasteiger partial charge in [0, 0.05) is 18.3 Å². The Morgan fingerprint density at radius 3 is 2.56 bits per heavy atom. The fourth-order valence-electron chi connectivity index (χ4n) is 6.66. The number of rotatable bonds is 11. The van der Waals surface area contributed by atoms with Crippen LogP contribution in [0.15, 0.2) is 30.3 Å². The molecule has 1 aromatic carbocycles. The minimum Gasteiger partial charge on any atom is -0.394 e. The number of hydrogen-bond acceptors (Lipinski definition) is 5. The van der Waals surface area contributed by atoms with Crippen molar-refractivity contribution >= 4 is 29.5 Å². The Kier molecular flexibility index (Phi) is 8.35. The number of amides is 3. The van der Waals surface area contributed by atoms with Gasteiger partial charge in [-0.05, 0) is 36.7 Å². The normalized spacial score (nSPS) is 31.6. The molecule has 2 bridgehead atoms. The molecule has 3 fully saturated rings. The zero-order valence-corrected chi connectivity index (χ0v) is 22.7. The van der Waals surface area contributed by atoms with Crippen LogP contribution in [0.4, 0.5) is 0 Å². The molecule has 3 amide bonds. The Labute approximate surface area is 219 Å². The number of nitrogens with zero attached hydrogens (tertiary/aromatic N) is 1. The van der Waals surface area contributed by atoms with Gasteiger partial charge < -0.3 is 20.6 Å². The molecule has 7 atom stereocenters. The van der Waals surface area contributed by atoms with Gasteiger partial charge in [-0.3, -0.25) is 14.4 Å². The highest BCUT2D eigenvalue weighted by Gasteiger charge is 2.76. The third kappa shape index (κ3) is 4.67. The SMILES string of the molecule is CCCCNC(=O)C1N([C@@H](CO)CC(C)C)C(=O)[C@@H]2[C@@H](C(=O)NCc3ccccc3)[C@H]3CC(C)C12S3. The van der Waals surface area contributed by atoms with Gasteiger partial charge in [0.2, 0.25) is 17.7 Å². The lowest BCUT2D eigenvalue weighted by Crippen LogP contribution is -2.58. The minimum atomic E-state index is -0.681. The molecule has 3 saturated heterocycles. The third-order valence-corrected chi connectivity index (χ3v) is 10.3. The van der Waals surface area contributed by atoms with Crippen molar-refractivity contribution in [3.05, 3.63) is 35.9 Å². The van der Waals surface area contributed by atoms with Gasteiger partial charge in [-0.25, -0.2) is 0 Å². The maximum absolute atomic E-state index is 14.2. The van der Waals surface area contributed by atoms with Gasteiger partial charge in [-0.15, -0.1) is 11.8 Å². The summed E-state index contributed by atoms with van der Waals surface area (Å²) in [6.45, 7) is 9.09. The molecule has 3 unspecified atom stereocenters. The van der Waals surface area contributed by atoms with Crippen LogP contribution >= 0.6 is 11.8 Å². The second kappa shape index (κ2) is 11.1. The number of aliphatic hydroxyl groups excluding tert-OH is 1. The molecule has 7 nitrogen and oxygen atoms in total. The topological polar surface area (TPSA) is 98.7 Å². The minimum absolute atomic E-state index is 0.00971. The summed E-state index contributed by atoms with van der Waals surface area (Å²) in [5.41, 5.74) is 1.01. The lowest BCUT2D eigenvalue weighted by atomic mass is 9.66. The van der Waals surface area contributed by atoms with Crippen molar-refractivity contribution in [1.29, 1.82) is 0 Å². The van der Waals surface area contributed by atoms with Gasteiger partial charge in [0.1, 0.15) is 6.04 Å². The Hall–Kier alpha value is -2.06. The average Bonchev–Trinajstić information content (AvgIpc) is 3.45. The number of fused-ring (bicyclic) bond motifs is 1. The first kappa shape index (κ1) is 27.0. The van der Waals surface area contributed by atoms with Crippen molar-refractivity contribution in [2.75, 3.05) is 13.2 Å². The van der Waals surface area contributed by atoms with E-state index in [2.05, 4.69) is 38.3 Å². The molecular formula is C28H41N3O4S. The van der Waals surface area contributed by atoms with Crippen molar-refractivity contribution in [3.63, 3.8) is 0 Å². The van der Waals surface area contributed by atoms with Gasteiger partial charge >= 0.3 is 0 Å². The summed E-state index contributed by atoms with van der Waals surface area (Å²) in [5.74, 6) is -1.07. The third-order valence-electron chi connectivity index (χ3n) is 8.22. The van der Waals surface area contributed by atoms with Crippen LogP contribution in [-0.2, 0) is 20.9 Å². The molecule has 1 aromatic rings. The lowest BCUT2D eigenvalue weighted by Gasteiger charge is -2.40. The summed E-state index contributed by atoms with van der Waals surface area (Å²) >= 11 is 1.68. The Balaban J connectivity index is 1.66. The standard InChI is InChI=1S/C28H41N3O4S/c1-5-6-12-29-26(34)24-28-18(4)14-21(36-28)22(25(33)30-15-19-10-8-7-9-11-19)23(28)27(35)31(24)20(16-32)13-17(2)3/h7-11,17-18,20-24,32H,5-6,12-16H2,1-4H3,(H,29,34)(H,30,33)/t18?,20-,21-,22+,23+,24?,28?/m1/s1. The van der Waals surface area contributed by atoms with Crippen LogP contribution in [0.2, 0.25) is 0 Å². The fraction of sp³-hybridized carbons (Fsp3) is 0.679. The smallest absolute Gasteiger partial charge is 0.244 e. The second-order valence-electron chi connectivity index (χ2n) is 11.1. The number of hydrogen-bond donors (Lipinski definition) is 3. The highest BCUT2D eigenvalue weighted by Crippen LogP contribution is 2.68. The number of benzene rings is 1. The molecule has 8 heteroatoms. The van der Waals surface area contributed by atoms with E-state index in [9.17, 15) is 19.5 Å². The molecule has 198 valence electrons. The molecule has 0 saturated carbocycles. The summed E-state index contributed by atoms with van der Waals surface area (Å²) < 4.78 is -0.656. The van der Waals surface area contributed by atoms with Crippen molar-refractivity contribution in [3.8, 4) is 0 Å². The van der Waals surface area contributed by atoms with E-state index < -0.39 is 28.7 Å². The van der Waals surface area contributed by atoms with E-state index in [0.717, 1.165) is 24.8 Å². The molecular weight excluding hydrogens is 474 g/mol. The van der Waals surface area contributed by atoms with Crippen LogP contribution in [0.5, 0.6) is 0 Å². The van der Waals surface area contributed by atoms with E-state index >= 15 is 0 Å². The quantitative estimate of drug-likeness (QED) is 0.394. The van der Waals surface area contributed by atoms with Gasteiger partial charge in [0.05, 0.1) is 29.2 Å². The average molecular weight is 516 g/mol. The van der Waals surface area contributed by atoms with Gasteiger partial charge in [-0.2, -0.15) is 0 Å². The maximum Gasteiger partial charge on any atom is 0.244 e. The Morgan fingerprint density at radius 2 is 1.92 bits per heavy atom. The number of aliphatic hydroxyl groups is 1. The number of nitrogens with one attached hydrogen (secondary N) is 2. The molecule has 0 aliphatic carbocycles. The highest BCUT2D eigenvalue weighted by atomic mass is 32.2. The van der Waals surface area contributed by atoms with Crippen molar-refractivity contribution in [2.24, 2.45) is 23.7 Å². The van der Waals surface area contributed by atoms with Crippen LogP contribution in [0, 0.1) is 23.7 Å². The van der Waals surface area contributed by atoms with Gasteiger partial charge in [0.15, 0.2) is 0 Å². The number of likely N-dealkylation sites (tertiary alicyclic amines) is 1. The zero-order chi connectivity index (χ0) is 26.0. The summed E-state index contributed by atoms with van der Waals surface area (Å²) in [6.07, 6.45) is 3.24. The van der Waals surface area contributed by atoms with E-state index in [1.807, 2.05) is 30.3 Å². The maximum atomic E-state index is 14.2. The molecule has 36 heavy (non-hydrogen) atoms. The first-order valence-electron chi connectivity index (χ1n) is 13.5. The molecule has 1 spiro atoms. The van der Waals surface area contributed by atoms with Crippen molar-refractivity contribution in [2.45, 2.75) is 82.0 Å². The fourth-order valence-corrected chi connectivity index (χ4v) is 9.07. The molecule has 3 heterocycles. The van der Waals surface area contributed by atoms with Gasteiger partial charge in [0.25, 0.3) is 0 Å². The van der Waals surface area contributed by atoms with E-state index in [1.165, 1.54) is 0 Å². The molecule has 3 N–H and O–H groups in total. The van der Waals surface area contributed by atoms with E-state index in [0.29, 0.717) is 19.5 Å². The highest BCUT2D eigenvalue weighted by molar-refractivity contribution is 8.02. The van der Waals surface area contributed by atoms with E-state index in [1.54, 1.807) is 16.7 Å². The second-order valence-corrected chi connectivity index (χ2v) is 12.7. The summed E-state index contributed by atoms with van der Waals surface area (Å²) in [4.78, 5) is 43.2. The monoisotopic (exact) mass is 515 g/mol. The van der Waals surface area contributed by atoms with Crippen LogP contribution in [0.1, 0.15) is 58.9 Å². The molecule has 0 radical (unpaired) electrons. The number of unbranched alkanes of at least 4 members (excludes halogenated alkanes) is 1.